The van der Waals surface area contributed by atoms with Crippen molar-refractivity contribution in [2.24, 2.45) is 0 Å². The Bertz CT molecular complexity index is 6940. The first-order valence-corrected chi connectivity index (χ1v) is 37.4. The van der Waals surface area contributed by atoms with Crippen molar-refractivity contribution in [3.63, 3.8) is 0 Å². The largest absolute Gasteiger partial charge is 0.261 e. The fraction of sp³-hybridized carbons (Fsp3) is 0. The summed E-state index contributed by atoms with van der Waals surface area (Å²) in [5.74, 6) is 0. The zero-order chi connectivity index (χ0) is 76.6. The lowest BCUT2D eigenvalue weighted by molar-refractivity contribution is 1.15. The molecule has 0 saturated carbocycles. The second-order valence-corrected chi connectivity index (χ2v) is 27.8. The first kappa shape index (κ1) is 66.5. The quantitative estimate of drug-likeness (QED) is 0.0972. The Hall–Kier alpha value is -16.5. The van der Waals surface area contributed by atoms with Crippen LogP contribution in [0, 0.1) is 0 Å². The lowest BCUT2D eigenvalue weighted by Crippen LogP contribution is -1.98. The van der Waals surface area contributed by atoms with Gasteiger partial charge in [-0.3, -0.25) is 99.7 Å². The maximum atomic E-state index is 5.13. The van der Waals surface area contributed by atoms with Crippen molar-refractivity contribution in [2.45, 2.75) is 0 Å². The van der Waals surface area contributed by atoms with E-state index in [2.05, 4.69) is 117 Å². The van der Waals surface area contributed by atoms with Crippen LogP contribution in [0.15, 0.2) is 330 Å². The van der Waals surface area contributed by atoms with Crippen molar-refractivity contribution in [3.8, 4) is 147 Å². The van der Waals surface area contributed by atoms with Gasteiger partial charge >= 0.3 is 0 Å². The maximum absolute atomic E-state index is 5.13. The summed E-state index contributed by atoms with van der Waals surface area (Å²) in [5, 5.41) is 16.0. The van der Waals surface area contributed by atoms with Crippen molar-refractivity contribution >= 4 is 86.2 Å². The molecule has 0 N–H and O–H groups in total. The smallest absolute Gasteiger partial charge is 0.109 e. The number of benzene rings is 12. The van der Waals surface area contributed by atoms with Gasteiger partial charge in [0.05, 0.1) is 157 Å². The van der Waals surface area contributed by atoms with E-state index in [-0.39, 0.29) is 0 Å². The fourth-order valence-electron chi connectivity index (χ4n) is 16.3. The molecule has 0 atom stereocenters. The first-order valence-electron chi connectivity index (χ1n) is 37.4. The number of aromatic nitrogens is 20. The Labute approximate surface area is 659 Å². The number of rotatable bonds is 13. The molecule has 22 aromatic rings. The topological polar surface area (TPSA) is 258 Å². The standard InChI is InChI=1S/C96H54N20/c1-5-21-59-55(17-1)89(81-47-101-73(39-109-81)71-37-97-33-35-99-71)56-18-2-6-22-60(56)91(59)83-49-103-75(41-111-83)77-43-113-85(51-105-77)93-63-25-9-13-29-67(63)95(68-30-14-10-26-64(68)93)87-53-107-79(45-115-87)80-46-116-88(54-108-80)96-69-31-15-11-27-65(69)94(66-28-12-16-32-70(66)96)86-52-106-78(44-114-86)76-42-112-84(50-104-76)92-61-23-7-3-19-57(61)90(58-20-4-8-24-62(58)92)82-48-102-74(40-110-82)72-38-98-34-36-100-72/h1-54H. The van der Waals surface area contributed by atoms with E-state index in [1.54, 1.807) is 99.1 Å². The molecule has 10 aromatic heterocycles. The van der Waals surface area contributed by atoms with Gasteiger partial charge in [0.2, 0.25) is 0 Å². The average molecular weight is 1490 g/mol. The molecule has 0 amide bonds. The van der Waals surface area contributed by atoms with Crippen LogP contribution >= 0.6 is 0 Å². The molecule has 20 nitrogen and oxygen atoms in total. The Morgan fingerprint density at radius 2 is 0.216 bits per heavy atom. The molecule has 20 heteroatoms. The summed E-state index contributed by atoms with van der Waals surface area (Å²) in [6.07, 6.45) is 38.6. The van der Waals surface area contributed by atoms with Crippen LogP contribution in [-0.2, 0) is 0 Å². The molecule has 22 rings (SSSR count). The van der Waals surface area contributed by atoms with Crippen molar-refractivity contribution in [1.29, 1.82) is 0 Å². The van der Waals surface area contributed by atoms with Gasteiger partial charge in [-0.05, 0) is 86.2 Å². The second kappa shape index (κ2) is 27.8. The summed E-state index contributed by atoms with van der Waals surface area (Å²) in [6, 6.07) is 66.6. The molecule has 0 aliphatic heterocycles. The SMILES string of the molecule is c1ccc2c(-c3cnc(-c4cnc(-c5c6ccccc6c(-c6cnc(-c7cnc(-c8c9ccccc9c(-c9cnc(-c%10cnc(-c%11c%12ccccc%12c(-c%12cnc(-c%13cnccn%13)cn%12)c%12ccccc%11%12)cn%10)cn9)c9ccccc89)cn7)cn6)c6ccccc56)cn4)cn3)c3ccccc3c(-c3cnc(-c4cnccn4)cn3)c2c1. The van der Waals surface area contributed by atoms with Crippen molar-refractivity contribution in [3.05, 3.63) is 330 Å². The van der Waals surface area contributed by atoms with Gasteiger partial charge in [-0.15, -0.1) is 0 Å². The van der Waals surface area contributed by atoms with Crippen molar-refractivity contribution in [1.82, 2.24) is 99.7 Å². The summed E-state index contributed by atoms with van der Waals surface area (Å²) in [4.78, 5) is 97.3. The number of hydrogen-bond donors (Lipinski definition) is 0. The van der Waals surface area contributed by atoms with E-state index >= 15 is 0 Å². The minimum atomic E-state index is 0.578. The van der Waals surface area contributed by atoms with Gasteiger partial charge in [-0.2, -0.15) is 0 Å². The van der Waals surface area contributed by atoms with Crippen LogP contribution in [0.3, 0.4) is 0 Å². The third-order valence-electron chi connectivity index (χ3n) is 21.4. The van der Waals surface area contributed by atoms with Crippen molar-refractivity contribution in [2.75, 3.05) is 0 Å². The molecule has 0 bridgehead atoms. The van der Waals surface area contributed by atoms with E-state index < -0.39 is 0 Å². The molecule has 12 aromatic carbocycles. The first-order chi connectivity index (χ1) is 57.6. The number of nitrogens with zero attached hydrogens (tertiary/aromatic N) is 20. The molecule has 0 radical (unpaired) electrons. The summed E-state index contributed by atoms with van der Waals surface area (Å²) < 4.78 is 0. The van der Waals surface area contributed by atoms with Gasteiger partial charge in [0.15, 0.2) is 0 Å². The summed E-state index contributed by atoms with van der Waals surface area (Å²) >= 11 is 0. The third kappa shape index (κ3) is 11.3. The molecule has 116 heavy (non-hydrogen) atoms. The van der Waals surface area contributed by atoms with E-state index in [0.717, 1.165) is 153 Å². The highest BCUT2D eigenvalue weighted by Crippen LogP contribution is 2.48. The Morgan fingerprint density at radius 3 is 0.319 bits per heavy atom. The lowest BCUT2D eigenvalue weighted by atomic mass is 9.89. The van der Waals surface area contributed by atoms with Crippen LogP contribution in [0.2, 0.25) is 0 Å². The number of hydrogen-bond acceptors (Lipinski definition) is 20. The van der Waals surface area contributed by atoms with Gasteiger partial charge in [0.1, 0.15) is 56.9 Å². The third-order valence-corrected chi connectivity index (χ3v) is 21.4. The van der Waals surface area contributed by atoms with Gasteiger partial charge in [0, 0.05) is 69.3 Å². The zero-order valence-electron chi connectivity index (χ0n) is 61.1. The zero-order valence-corrected chi connectivity index (χ0v) is 61.1. The summed E-state index contributed by atoms with van der Waals surface area (Å²) in [5.41, 5.74) is 19.5. The van der Waals surface area contributed by atoms with Crippen LogP contribution < -0.4 is 0 Å². The fourth-order valence-corrected chi connectivity index (χ4v) is 16.3. The van der Waals surface area contributed by atoms with E-state index in [1.165, 1.54) is 0 Å². The van der Waals surface area contributed by atoms with Gasteiger partial charge < -0.3 is 0 Å². The summed E-state index contributed by atoms with van der Waals surface area (Å²) in [7, 11) is 0. The molecule has 0 spiro atoms. The molecule has 0 saturated heterocycles. The van der Waals surface area contributed by atoms with E-state index in [0.29, 0.717) is 79.7 Å². The maximum Gasteiger partial charge on any atom is 0.109 e. The summed E-state index contributed by atoms with van der Waals surface area (Å²) in [6.45, 7) is 0. The van der Waals surface area contributed by atoms with E-state index in [1.807, 2.05) is 134 Å². The predicted molar refractivity (Wildman–Crippen MR) is 453 cm³/mol. The minimum absolute atomic E-state index is 0.578. The molecule has 0 aliphatic carbocycles. The predicted octanol–water partition coefficient (Wildman–Crippen LogP) is 20.5. The molecular weight excluding hydrogens is 1430 g/mol. The van der Waals surface area contributed by atoms with Crippen LogP contribution in [0.25, 0.3) is 233 Å². The lowest BCUT2D eigenvalue weighted by Gasteiger charge is -2.17. The highest BCUT2D eigenvalue weighted by Gasteiger charge is 2.26. The van der Waals surface area contributed by atoms with Gasteiger partial charge in [0.25, 0.3) is 0 Å². The molecule has 538 valence electrons. The molecular formula is C96H54N20. The normalized spacial score (nSPS) is 11.6. The molecule has 10 heterocycles. The monoisotopic (exact) mass is 1490 g/mol. The molecule has 0 aliphatic rings. The molecule has 0 fully saturated rings. The average Bonchev–Trinajstić information content (AvgIpc) is 0.751. The van der Waals surface area contributed by atoms with Gasteiger partial charge in [-0.25, -0.2) is 0 Å². The van der Waals surface area contributed by atoms with E-state index in [4.69, 9.17) is 79.7 Å². The second-order valence-electron chi connectivity index (χ2n) is 27.8. The Balaban J connectivity index is 0.531. The van der Waals surface area contributed by atoms with Crippen LogP contribution in [0.4, 0.5) is 0 Å². The molecule has 0 unspecified atom stereocenters. The van der Waals surface area contributed by atoms with Crippen LogP contribution in [-0.4, -0.2) is 99.7 Å². The minimum Gasteiger partial charge on any atom is -0.261 e. The van der Waals surface area contributed by atoms with Gasteiger partial charge in [-0.1, -0.05) is 194 Å². The van der Waals surface area contributed by atoms with Crippen molar-refractivity contribution < 1.29 is 0 Å². The highest BCUT2D eigenvalue weighted by molar-refractivity contribution is 6.24. The Morgan fingerprint density at radius 1 is 0.103 bits per heavy atom. The Kier molecular flexibility index (Phi) is 15.9. The van der Waals surface area contributed by atoms with E-state index in [9.17, 15) is 0 Å². The van der Waals surface area contributed by atoms with Crippen LogP contribution in [0.1, 0.15) is 0 Å². The highest BCUT2D eigenvalue weighted by atomic mass is 14.9. The van der Waals surface area contributed by atoms with Crippen LogP contribution in [0.5, 0.6) is 0 Å². The number of fused-ring (bicyclic) bond motifs is 8.